The SMILES string of the molecule is C=CC1OC(=O)N(Cc2ccccc2)C1(CCC1CCCCC1)CCC1CCCCC1. The van der Waals surface area contributed by atoms with E-state index in [2.05, 4.69) is 35.7 Å². The summed E-state index contributed by atoms with van der Waals surface area (Å²) < 4.78 is 5.96. The van der Waals surface area contributed by atoms with Crippen LogP contribution in [-0.2, 0) is 11.3 Å². The molecule has 3 aliphatic rings. The standard InChI is InChI=1S/C28H41NO2/c1-2-26-28(20-18-23-12-6-3-7-13-23,21-19-24-14-8-4-9-15-24)29(27(30)31-26)22-25-16-10-5-11-17-25/h2,5,10-11,16-17,23-24,26H,1,3-4,6-9,12-15,18-22H2. The Morgan fingerprint density at radius 3 is 1.97 bits per heavy atom. The molecule has 3 heteroatoms. The zero-order chi connectivity index (χ0) is 21.5. The number of hydrogen-bond acceptors (Lipinski definition) is 2. The van der Waals surface area contributed by atoms with E-state index in [1.54, 1.807) is 0 Å². The largest absolute Gasteiger partial charge is 0.439 e. The molecule has 1 heterocycles. The maximum atomic E-state index is 13.1. The van der Waals surface area contributed by atoms with Gasteiger partial charge in [-0.3, -0.25) is 4.90 Å². The highest BCUT2D eigenvalue weighted by Gasteiger charge is 2.53. The Balaban J connectivity index is 1.56. The zero-order valence-electron chi connectivity index (χ0n) is 19.3. The average Bonchev–Trinajstić information content (AvgIpc) is 3.09. The summed E-state index contributed by atoms with van der Waals surface area (Å²) in [5.41, 5.74) is 0.938. The summed E-state index contributed by atoms with van der Waals surface area (Å²) in [5.74, 6) is 1.61. The monoisotopic (exact) mass is 423 g/mol. The molecule has 0 bridgehead atoms. The second kappa shape index (κ2) is 10.7. The molecular weight excluding hydrogens is 382 g/mol. The number of carbonyl (C=O) groups excluding carboxylic acids is 1. The van der Waals surface area contributed by atoms with E-state index in [1.807, 2.05) is 12.1 Å². The molecule has 4 rings (SSSR count). The van der Waals surface area contributed by atoms with Crippen molar-refractivity contribution >= 4 is 6.09 Å². The first-order valence-electron chi connectivity index (χ1n) is 12.9. The van der Waals surface area contributed by atoms with Crippen LogP contribution >= 0.6 is 0 Å². The number of cyclic esters (lactones) is 1. The fourth-order valence-corrected chi connectivity index (χ4v) is 6.41. The molecular formula is C28H41NO2. The van der Waals surface area contributed by atoms with Gasteiger partial charge in [-0.25, -0.2) is 4.79 Å². The van der Waals surface area contributed by atoms with Crippen LogP contribution in [0.3, 0.4) is 0 Å². The van der Waals surface area contributed by atoms with Crippen molar-refractivity contribution < 1.29 is 9.53 Å². The lowest BCUT2D eigenvalue weighted by molar-refractivity contribution is 0.0855. The van der Waals surface area contributed by atoms with E-state index in [0.717, 1.165) is 24.7 Å². The highest BCUT2D eigenvalue weighted by molar-refractivity contribution is 5.72. The lowest BCUT2D eigenvalue weighted by Crippen LogP contribution is -2.51. The molecule has 2 saturated carbocycles. The Labute approximate surface area is 189 Å². The van der Waals surface area contributed by atoms with Crippen LogP contribution in [0.15, 0.2) is 43.0 Å². The lowest BCUT2D eigenvalue weighted by atomic mass is 9.74. The third-order valence-corrected chi connectivity index (χ3v) is 8.33. The molecule has 31 heavy (non-hydrogen) atoms. The minimum absolute atomic E-state index is 0.152. The molecule has 1 unspecified atom stereocenters. The van der Waals surface area contributed by atoms with Gasteiger partial charge < -0.3 is 4.74 Å². The number of amides is 1. The molecule has 1 aliphatic heterocycles. The molecule has 3 fully saturated rings. The van der Waals surface area contributed by atoms with Crippen molar-refractivity contribution in [1.29, 1.82) is 0 Å². The second-order valence-electron chi connectivity index (χ2n) is 10.3. The number of ether oxygens (including phenoxy) is 1. The van der Waals surface area contributed by atoms with Crippen LogP contribution in [0.2, 0.25) is 0 Å². The molecule has 1 atom stereocenters. The third-order valence-electron chi connectivity index (χ3n) is 8.33. The summed E-state index contributed by atoms with van der Waals surface area (Å²) in [6.07, 6.45) is 19.7. The van der Waals surface area contributed by atoms with E-state index >= 15 is 0 Å². The Morgan fingerprint density at radius 1 is 0.903 bits per heavy atom. The van der Waals surface area contributed by atoms with Gasteiger partial charge in [0.1, 0.15) is 6.10 Å². The van der Waals surface area contributed by atoms with Crippen molar-refractivity contribution in [3.63, 3.8) is 0 Å². The Morgan fingerprint density at radius 2 is 1.45 bits per heavy atom. The van der Waals surface area contributed by atoms with Gasteiger partial charge in [0.2, 0.25) is 0 Å². The molecule has 0 aromatic heterocycles. The van der Waals surface area contributed by atoms with E-state index in [1.165, 1.54) is 82.6 Å². The van der Waals surface area contributed by atoms with Crippen LogP contribution in [0.5, 0.6) is 0 Å². The van der Waals surface area contributed by atoms with Crippen molar-refractivity contribution in [3.8, 4) is 0 Å². The Hall–Kier alpha value is -1.77. The fraction of sp³-hybridized carbons (Fsp3) is 0.679. The van der Waals surface area contributed by atoms with Crippen LogP contribution in [0.1, 0.15) is 95.5 Å². The topological polar surface area (TPSA) is 29.5 Å². The number of carbonyl (C=O) groups is 1. The Kier molecular flexibility index (Phi) is 7.74. The molecule has 3 nitrogen and oxygen atoms in total. The molecule has 1 amide bonds. The van der Waals surface area contributed by atoms with E-state index in [9.17, 15) is 4.79 Å². The van der Waals surface area contributed by atoms with Gasteiger partial charge in [0, 0.05) is 6.54 Å². The van der Waals surface area contributed by atoms with Gasteiger partial charge in [0.25, 0.3) is 0 Å². The first kappa shape index (κ1) is 22.4. The predicted molar refractivity (Wildman–Crippen MR) is 127 cm³/mol. The van der Waals surface area contributed by atoms with Gasteiger partial charge in [0.05, 0.1) is 5.54 Å². The molecule has 2 aliphatic carbocycles. The van der Waals surface area contributed by atoms with Gasteiger partial charge in [-0.2, -0.15) is 0 Å². The second-order valence-corrected chi connectivity index (χ2v) is 10.3. The minimum Gasteiger partial charge on any atom is -0.439 e. The first-order chi connectivity index (χ1) is 15.2. The van der Waals surface area contributed by atoms with E-state index < -0.39 is 0 Å². The number of rotatable bonds is 9. The molecule has 0 N–H and O–H groups in total. The van der Waals surface area contributed by atoms with Gasteiger partial charge in [-0.15, -0.1) is 0 Å². The molecule has 1 aromatic carbocycles. The summed E-state index contributed by atoms with van der Waals surface area (Å²) in [7, 11) is 0. The maximum absolute atomic E-state index is 13.1. The highest BCUT2D eigenvalue weighted by Crippen LogP contribution is 2.44. The van der Waals surface area contributed by atoms with Gasteiger partial charge in [-0.1, -0.05) is 101 Å². The van der Waals surface area contributed by atoms with Crippen LogP contribution < -0.4 is 0 Å². The van der Waals surface area contributed by atoms with Crippen LogP contribution in [0.25, 0.3) is 0 Å². The Bertz CT molecular complexity index is 681. The van der Waals surface area contributed by atoms with Crippen LogP contribution in [-0.4, -0.2) is 22.6 Å². The molecule has 170 valence electrons. The highest BCUT2D eigenvalue weighted by atomic mass is 16.6. The van der Waals surface area contributed by atoms with Gasteiger partial charge >= 0.3 is 6.09 Å². The van der Waals surface area contributed by atoms with E-state index in [4.69, 9.17) is 4.74 Å². The van der Waals surface area contributed by atoms with Crippen molar-refractivity contribution in [2.45, 2.75) is 108 Å². The lowest BCUT2D eigenvalue weighted by Gasteiger charge is -2.41. The number of benzene rings is 1. The van der Waals surface area contributed by atoms with Crippen molar-refractivity contribution in [3.05, 3.63) is 48.6 Å². The van der Waals surface area contributed by atoms with E-state index in [0.29, 0.717) is 6.54 Å². The first-order valence-corrected chi connectivity index (χ1v) is 12.9. The number of hydrogen-bond donors (Lipinski definition) is 0. The van der Waals surface area contributed by atoms with Crippen LogP contribution in [0, 0.1) is 11.8 Å². The van der Waals surface area contributed by atoms with Crippen molar-refractivity contribution in [2.75, 3.05) is 0 Å². The zero-order valence-corrected chi connectivity index (χ0v) is 19.3. The van der Waals surface area contributed by atoms with E-state index in [-0.39, 0.29) is 17.7 Å². The fourth-order valence-electron chi connectivity index (χ4n) is 6.41. The summed E-state index contributed by atoms with van der Waals surface area (Å²) in [4.78, 5) is 15.2. The quantitative estimate of drug-likeness (QED) is 0.382. The predicted octanol–water partition coefficient (Wildman–Crippen LogP) is 7.65. The van der Waals surface area contributed by atoms with Gasteiger partial charge in [0.15, 0.2) is 0 Å². The molecule has 0 radical (unpaired) electrons. The third kappa shape index (κ3) is 5.35. The molecule has 0 spiro atoms. The van der Waals surface area contributed by atoms with Crippen LogP contribution in [0.4, 0.5) is 4.79 Å². The molecule has 1 aromatic rings. The summed E-state index contributed by atoms with van der Waals surface area (Å²) in [6, 6.07) is 10.4. The summed E-state index contributed by atoms with van der Waals surface area (Å²) in [5, 5.41) is 0. The molecule has 1 saturated heterocycles. The number of nitrogens with zero attached hydrogens (tertiary/aromatic N) is 1. The minimum atomic E-state index is -0.246. The van der Waals surface area contributed by atoms with Crippen molar-refractivity contribution in [1.82, 2.24) is 4.90 Å². The van der Waals surface area contributed by atoms with Crippen molar-refractivity contribution in [2.24, 2.45) is 11.8 Å². The summed E-state index contributed by atoms with van der Waals surface area (Å²) >= 11 is 0. The normalized spacial score (nSPS) is 24.8. The van der Waals surface area contributed by atoms with Gasteiger partial charge in [-0.05, 0) is 49.2 Å². The maximum Gasteiger partial charge on any atom is 0.411 e. The summed E-state index contributed by atoms with van der Waals surface area (Å²) in [6.45, 7) is 4.74. The smallest absolute Gasteiger partial charge is 0.411 e. The average molecular weight is 424 g/mol.